The zero-order valence-electron chi connectivity index (χ0n) is 10.9. The molecule has 0 radical (unpaired) electrons. The fourth-order valence-corrected chi connectivity index (χ4v) is 1.86. The molecule has 1 aliphatic rings. The van der Waals surface area contributed by atoms with Crippen LogP contribution in [0, 0.1) is 0 Å². The van der Waals surface area contributed by atoms with Gasteiger partial charge in [-0.2, -0.15) is 0 Å². The number of hydrogen-bond donors (Lipinski definition) is 0. The molecule has 0 aliphatic carbocycles. The van der Waals surface area contributed by atoms with Crippen LogP contribution in [0.1, 0.15) is 39.2 Å². The molecular weight excluding hydrogens is 214 g/mol. The van der Waals surface area contributed by atoms with E-state index in [0.717, 1.165) is 31.9 Å². The molecule has 1 aromatic rings. The summed E-state index contributed by atoms with van der Waals surface area (Å²) >= 11 is 0. The molecule has 2 heterocycles. The molecular formula is C14H21NO2. The first-order valence-corrected chi connectivity index (χ1v) is 6.26. The highest BCUT2D eigenvalue weighted by Gasteiger charge is 2.17. The summed E-state index contributed by atoms with van der Waals surface area (Å²) in [6.07, 6.45) is 4.09. The van der Waals surface area contributed by atoms with Crippen LogP contribution in [0.3, 0.4) is 0 Å². The molecule has 17 heavy (non-hydrogen) atoms. The Kier molecular flexibility index (Phi) is 3.67. The van der Waals surface area contributed by atoms with Crippen molar-refractivity contribution in [1.29, 1.82) is 0 Å². The molecule has 1 fully saturated rings. The fraction of sp³-hybridized carbons (Fsp3) is 0.643. The lowest BCUT2D eigenvalue weighted by Crippen LogP contribution is -2.26. The minimum Gasteiger partial charge on any atom is -0.474 e. The van der Waals surface area contributed by atoms with Gasteiger partial charge in [0.2, 0.25) is 5.88 Å². The monoisotopic (exact) mass is 235 g/mol. The summed E-state index contributed by atoms with van der Waals surface area (Å²) in [4.78, 5) is 4.38. The van der Waals surface area contributed by atoms with Crippen molar-refractivity contribution in [2.24, 2.45) is 0 Å². The third-order valence-electron chi connectivity index (χ3n) is 3.06. The zero-order chi connectivity index (χ0) is 12.3. The van der Waals surface area contributed by atoms with E-state index in [4.69, 9.17) is 9.47 Å². The van der Waals surface area contributed by atoms with Gasteiger partial charge < -0.3 is 9.47 Å². The highest BCUT2D eigenvalue weighted by atomic mass is 16.5. The Hall–Kier alpha value is -1.09. The van der Waals surface area contributed by atoms with Crippen LogP contribution < -0.4 is 4.74 Å². The van der Waals surface area contributed by atoms with Gasteiger partial charge in [-0.05, 0) is 11.0 Å². The maximum Gasteiger partial charge on any atom is 0.213 e. The van der Waals surface area contributed by atoms with Gasteiger partial charge in [0.05, 0.1) is 13.2 Å². The minimum absolute atomic E-state index is 0.143. The van der Waals surface area contributed by atoms with Crippen LogP contribution in [0.15, 0.2) is 18.3 Å². The van der Waals surface area contributed by atoms with Crippen molar-refractivity contribution in [1.82, 2.24) is 4.98 Å². The highest BCUT2D eigenvalue weighted by molar-refractivity contribution is 5.23. The maximum atomic E-state index is 5.83. The second-order valence-corrected chi connectivity index (χ2v) is 5.56. The minimum atomic E-state index is 0.143. The van der Waals surface area contributed by atoms with Crippen molar-refractivity contribution >= 4 is 0 Å². The Labute approximate surface area is 103 Å². The number of ether oxygens (including phenoxy) is 2. The quantitative estimate of drug-likeness (QED) is 0.789. The molecule has 1 aliphatic heterocycles. The van der Waals surface area contributed by atoms with Crippen molar-refractivity contribution < 1.29 is 9.47 Å². The van der Waals surface area contributed by atoms with Crippen LogP contribution >= 0.6 is 0 Å². The van der Waals surface area contributed by atoms with Gasteiger partial charge in [-0.15, -0.1) is 0 Å². The maximum absolute atomic E-state index is 5.83. The number of pyridine rings is 1. The molecule has 3 heteroatoms. The van der Waals surface area contributed by atoms with Crippen molar-refractivity contribution in [2.45, 2.75) is 45.1 Å². The third kappa shape index (κ3) is 3.43. The number of aromatic nitrogens is 1. The second kappa shape index (κ2) is 5.05. The summed E-state index contributed by atoms with van der Waals surface area (Å²) in [5.41, 5.74) is 1.38. The standard InChI is InChI=1S/C14H21NO2/c1-14(2,3)11-4-5-13(15-10-11)17-12-6-8-16-9-7-12/h4-5,10,12H,6-9H2,1-3H3. The van der Waals surface area contributed by atoms with Gasteiger partial charge in [-0.3, -0.25) is 0 Å². The lowest BCUT2D eigenvalue weighted by molar-refractivity contribution is 0.0237. The normalized spacial score (nSPS) is 18.1. The summed E-state index contributed by atoms with van der Waals surface area (Å²) in [5.74, 6) is 0.727. The van der Waals surface area contributed by atoms with Crippen molar-refractivity contribution in [3.63, 3.8) is 0 Å². The van der Waals surface area contributed by atoms with Gasteiger partial charge in [0.1, 0.15) is 6.10 Å². The molecule has 0 atom stereocenters. The Morgan fingerprint density at radius 2 is 1.94 bits per heavy atom. The summed E-state index contributed by atoms with van der Waals surface area (Å²) < 4.78 is 11.1. The Morgan fingerprint density at radius 1 is 1.24 bits per heavy atom. The summed E-state index contributed by atoms with van der Waals surface area (Å²) in [7, 11) is 0. The first-order valence-electron chi connectivity index (χ1n) is 6.26. The van der Waals surface area contributed by atoms with E-state index in [9.17, 15) is 0 Å². The predicted molar refractivity (Wildman–Crippen MR) is 67.4 cm³/mol. The molecule has 0 spiro atoms. The van der Waals surface area contributed by atoms with E-state index in [0.29, 0.717) is 0 Å². The Bertz CT molecular complexity index is 347. The molecule has 0 N–H and O–H groups in total. The Morgan fingerprint density at radius 3 is 2.47 bits per heavy atom. The van der Waals surface area contributed by atoms with E-state index < -0.39 is 0 Å². The van der Waals surface area contributed by atoms with Crippen molar-refractivity contribution in [3.05, 3.63) is 23.9 Å². The highest BCUT2D eigenvalue weighted by Crippen LogP contribution is 2.23. The lowest BCUT2D eigenvalue weighted by Gasteiger charge is -2.23. The van der Waals surface area contributed by atoms with E-state index in [1.807, 2.05) is 12.3 Å². The summed E-state index contributed by atoms with van der Waals surface area (Å²) in [5, 5.41) is 0. The first kappa shape index (κ1) is 12.4. The predicted octanol–water partition coefficient (Wildman–Crippen LogP) is 2.94. The average Bonchev–Trinajstić information content (AvgIpc) is 2.30. The van der Waals surface area contributed by atoms with E-state index >= 15 is 0 Å². The molecule has 0 amide bonds. The lowest BCUT2D eigenvalue weighted by atomic mass is 9.88. The molecule has 3 nitrogen and oxygen atoms in total. The summed E-state index contributed by atoms with van der Waals surface area (Å²) in [6.45, 7) is 8.14. The topological polar surface area (TPSA) is 31.4 Å². The van der Waals surface area contributed by atoms with Crippen LogP contribution in [-0.2, 0) is 10.2 Å². The van der Waals surface area contributed by atoms with Gasteiger partial charge in [-0.25, -0.2) is 4.98 Å². The van der Waals surface area contributed by atoms with Gasteiger partial charge in [0.25, 0.3) is 0 Å². The number of hydrogen-bond acceptors (Lipinski definition) is 3. The van der Waals surface area contributed by atoms with Crippen LogP contribution in [-0.4, -0.2) is 24.3 Å². The summed E-state index contributed by atoms with van der Waals surface area (Å²) in [6, 6.07) is 4.07. The number of nitrogens with zero attached hydrogens (tertiary/aromatic N) is 1. The largest absolute Gasteiger partial charge is 0.474 e. The zero-order valence-corrected chi connectivity index (χ0v) is 10.9. The van der Waals surface area contributed by atoms with Gasteiger partial charge >= 0.3 is 0 Å². The van der Waals surface area contributed by atoms with E-state index in [2.05, 4.69) is 31.8 Å². The Balaban J connectivity index is 1.98. The molecule has 0 unspecified atom stereocenters. The van der Waals surface area contributed by atoms with E-state index in [1.54, 1.807) is 0 Å². The molecule has 1 aromatic heterocycles. The van der Waals surface area contributed by atoms with Crippen LogP contribution in [0.2, 0.25) is 0 Å². The first-order chi connectivity index (χ1) is 8.05. The average molecular weight is 235 g/mol. The number of rotatable bonds is 2. The fourth-order valence-electron chi connectivity index (χ4n) is 1.86. The van der Waals surface area contributed by atoms with Gasteiger partial charge in [0, 0.05) is 25.1 Å². The SMILES string of the molecule is CC(C)(C)c1ccc(OC2CCOCC2)nc1. The molecule has 94 valence electrons. The van der Waals surface area contributed by atoms with Gasteiger partial charge in [-0.1, -0.05) is 26.8 Å². The van der Waals surface area contributed by atoms with Crippen molar-refractivity contribution in [2.75, 3.05) is 13.2 Å². The van der Waals surface area contributed by atoms with E-state index in [1.165, 1.54) is 5.56 Å². The van der Waals surface area contributed by atoms with Crippen LogP contribution in [0.4, 0.5) is 0 Å². The van der Waals surface area contributed by atoms with Crippen LogP contribution in [0.25, 0.3) is 0 Å². The molecule has 0 saturated carbocycles. The second-order valence-electron chi connectivity index (χ2n) is 5.56. The van der Waals surface area contributed by atoms with Crippen molar-refractivity contribution in [3.8, 4) is 5.88 Å². The smallest absolute Gasteiger partial charge is 0.213 e. The molecule has 0 bridgehead atoms. The molecule has 2 rings (SSSR count). The van der Waals surface area contributed by atoms with Gasteiger partial charge in [0.15, 0.2) is 0 Å². The molecule has 0 aromatic carbocycles. The third-order valence-corrected chi connectivity index (χ3v) is 3.06. The van der Waals surface area contributed by atoms with E-state index in [-0.39, 0.29) is 11.5 Å². The molecule has 1 saturated heterocycles. The van der Waals surface area contributed by atoms with Crippen LogP contribution in [0.5, 0.6) is 5.88 Å².